The highest BCUT2D eigenvalue weighted by Crippen LogP contribution is 2.08. The monoisotopic (exact) mass is 209 g/mol. The molecule has 0 spiro atoms. The molecule has 1 fully saturated rings. The van der Waals surface area contributed by atoms with E-state index < -0.39 is 28.1 Å². The fraction of sp³-hybridized carbons (Fsp3) is 0.833. The highest BCUT2D eigenvalue weighted by molar-refractivity contribution is 7.89. The summed E-state index contributed by atoms with van der Waals surface area (Å²) in [5.41, 5.74) is 0. The van der Waals surface area contributed by atoms with E-state index in [0.29, 0.717) is 0 Å². The topological polar surface area (TPSA) is 92.7 Å². The maximum Gasteiger partial charge on any atom is 0.327 e. The van der Waals surface area contributed by atoms with Gasteiger partial charge in [-0.15, -0.1) is 0 Å². The molecule has 0 aromatic heterocycles. The molecule has 2 unspecified atom stereocenters. The van der Waals surface area contributed by atoms with E-state index in [-0.39, 0.29) is 12.4 Å². The largest absolute Gasteiger partial charge is 0.462 e. The van der Waals surface area contributed by atoms with E-state index >= 15 is 0 Å². The van der Waals surface area contributed by atoms with Gasteiger partial charge in [0.1, 0.15) is 18.8 Å². The number of aliphatic hydroxyl groups excluding tert-OH is 1. The normalized spacial score (nSPS) is 28.9. The van der Waals surface area contributed by atoms with Gasteiger partial charge < -0.3 is 9.84 Å². The summed E-state index contributed by atoms with van der Waals surface area (Å²) in [6.07, 6.45) is -1.09. The zero-order valence-corrected chi connectivity index (χ0v) is 7.87. The molecule has 0 aromatic carbocycles. The van der Waals surface area contributed by atoms with Gasteiger partial charge in [-0.3, -0.25) is 4.79 Å². The summed E-state index contributed by atoms with van der Waals surface area (Å²) in [5, 5.41) is 9.15. The lowest BCUT2D eigenvalue weighted by atomic mass is 10.2. The fourth-order valence-electron chi connectivity index (χ4n) is 0.914. The van der Waals surface area contributed by atoms with E-state index in [0.717, 1.165) is 0 Å². The second kappa shape index (κ2) is 3.60. The summed E-state index contributed by atoms with van der Waals surface area (Å²) in [7, 11) is -3.48. The number of carbonyl (C=O) groups excluding carboxylic acids is 1. The lowest BCUT2D eigenvalue weighted by molar-refractivity contribution is -0.139. The van der Waals surface area contributed by atoms with Crippen molar-refractivity contribution in [3.05, 3.63) is 0 Å². The number of rotatable bonds is 3. The molecule has 0 amide bonds. The van der Waals surface area contributed by atoms with Crippen molar-refractivity contribution in [3.8, 4) is 0 Å². The van der Waals surface area contributed by atoms with Crippen molar-refractivity contribution >= 4 is 16.0 Å². The zero-order valence-electron chi connectivity index (χ0n) is 7.06. The smallest absolute Gasteiger partial charge is 0.327 e. The van der Waals surface area contributed by atoms with Crippen LogP contribution < -0.4 is 4.72 Å². The average Bonchev–Trinajstić information content (AvgIpc) is 2.36. The van der Waals surface area contributed by atoms with Crippen LogP contribution in [-0.2, 0) is 19.6 Å². The van der Waals surface area contributed by atoms with Crippen LogP contribution in [0.15, 0.2) is 0 Å². The maximum absolute atomic E-state index is 11.0. The van der Waals surface area contributed by atoms with E-state index in [4.69, 9.17) is 5.11 Å². The van der Waals surface area contributed by atoms with Crippen molar-refractivity contribution in [1.82, 2.24) is 4.72 Å². The van der Waals surface area contributed by atoms with Crippen molar-refractivity contribution in [2.24, 2.45) is 0 Å². The molecule has 0 aromatic rings. The van der Waals surface area contributed by atoms with Crippen LogP contribution in [0.2, 0.25) is 0 Å². The van der Waals surface area contributed by atoms with Crippen molar-refractivity contribution in [1.29, 1.82) is 0 Å². The summed E-state index contributed by atoms with van der Waals surface area (Å²) >= 11 is 0. The Kier molecular flexibility index (Phi) is 2.89. The third-order valence-corrected chi connectivity index (χ3v) is 3.09. The number of hydrogen-bond acceptors (Lipinski definition) is 5. The van der Waals surface area contributed by atoms with Gasteiger partial charge in [-0.1, -0.05) is 0 Å². The standard InChI is InChI=1S/C6H11NO5S/c1-2-13(10,11)7-5-4(8)3-12-6(5)9/h4-5,7-8H,2-3H2,1H3. The molecule has 13 heavy (non-hydrogen) atoms. The molecule has 6 nitrogen and oxygen atoms in total. The van der Waals surface area contributed by atoms with Crippen LogP contribution in [0.4, 0.5) is 0 Å². The van der Waals surface area contributed by atoms with Gasteiger partial charge in [0.25, 0.3) is 0 Å². The molecule has 1 saturated heterocycles. The Hall–Kier alpha value is -0.660. The zero-order chi connectivity index (χ0) is 10.1. The Bertz CT molecular complexity index is 298. The van der Waals surface area contributed by atoms with E-state index in [1.165, 1.54) is 6.92 Å². The summed E-state index contributed by atoms with van der Waals surface area (Å²) in [4.78, 5) is 10.9. The Morgan fingerprint density at radius 2 is 2.31 bits per heavy atom. The number of cyclic esters (lactones) is 1. The van der Waals surface area contributed by atoms with E-state index in [2.05, 4.69) is 9.46 Å². The van der Waals surface area contributed by atoms with E-state index in [9.17, 15) is 13.2 Å². The van der Waals surface area contributed by atoms with Gasteiger partial charge in [0.15, 0.2) is 0 Å². The van der Waals surface area contributed by atoms with Gasteiger partial charge in [0, 0.05) is 0 Å². The number of aliphatic hydroxyl groups is 1. The van der Waals surface area contributed by atoms with Gasteiger partial charge in [0.2, 0.25) is 10.0 Å². The molecule has 1 rings (SSSR count). The van der Waals surface area contributed by atoms with Gasteiger partial charge in [-0.2, -0.15) is 4.72 Å². The Morgan fingerprint density at radius 1 is 1.69 bits per heavy atom. The first-order chi connectivity index (χ1) is 5.96. The second-order valence-electron chi connectivity index (χ2n) is 2.70. The van der Waals surface area contributed by atoms with Crippen LogP contribution >= 0.6 is 0 Å². The molecular weight excluding hydrogens is 198 g/mol. The Balaban J connectivity index is 2.68. The maximum atomic E-state index is 11.0. The number of nitrogens with one attached hydrogen (secondary N) is 1. The third kappa shape index (κ3) is 2.39. The van der Waals surface area contributed by atoms with Crippen molar-refractivity contribution < 1.29 is 23.1 Å². The highest BCUT2D eigenvalue weighted by atomic mass is 32.2. The third-order valence-electron chi connectivity index (χ3n) is 1.72. The summed E-state index contributed by atoms with van der Waals surface area (Å²) < 4.78 is 28.5. The Morgan fingerprint density at radius 3 is 2.69 bits per heavy atom. The molecule has 76 valence electrons. The number of sulfonamides is 1. The van der Waals surface area contributed by atoms with E-state index in [1.807, 2.05) is 0 Å². The first-order valence-corrected chi connectivity index (χ1v) is 5.46. The number of hydrogen-bond donors (Lipinski definition) is 2. The predicted molar refractivity (Wildman–Crippen MR) is 43.4 cm³/mol. The van der Waals surface area contributed by atoms with Crippen LogP contribution in [0.1, 0.15) is 6.92 Å². The lowest BCUT2D eigenvalue weighted by Crippen LogP contribution is -2.45. The number of ether oxygens (including phenoxy) is 1. The van der Waals surface area contributed by atoms with Crippen LogP contribution in [0.5, 0.6) is 0 Å². The first-order valence-electron chi connectivity index (χ1n) is 3.81. The lowest BCUT2D eigenvalue weighted by Gasteiger charge is -2.10. The van der Waals surface area contributed by atoms with Crippen LogP contribution in [0, 0.1) is 0 Å². The Labute approximate surface area is 75.9 Å². The fourth-order valence-corrected chi connectivity index (χ4v) is 1.72. The van der Waals surface area contributed by atoms with Crippen LogP contribution in [0.3, 0.4) is 0 Å². The minimum atomic E-state index is -3.48. The molecule has 0 radical (unpaired) electrons. The molecule has 1 heterocycles. The molecular formula is C6H11NO5S. The summed E-state index contributed by atoms with van der Waals surface area (Å²) in [6, 6.07) is -1.15. The first kappa shape index (κ1) is 10.4. The molecule has 7 heteroatoms. The van der Waals surface area contributed by atoms with Crippen molar-refractivity contribution in [3.63, 3.8) is 0 Å². The average molecular weight is 209 g/mol. The molecule has 1 aliphatic heterocycles. The molecule has 2 N–H and O–H groups in total. The minimum Gasteiger partial charge on any atom is -0.462 e. The number of esters is 1. The number of carbonyl (C=O) groups is 1. The van der Waals surface area contributed by atoms with Gasteiger partial charge >= 0.3 is 5.97 Å². The highest BCUT2D eigenvalue weighted by Gasteiger charge is 2.37. The van der Waals surface area contributed by atoms with Crippen LogP contribution in [-0.4, -0.2) is 44.0 Å². The molecule has 2 atom stereocenters. The quantitative estimate of drug-likeness (QED) is 0.536. The molecule has 0 bridgehead atoms. The molecule has 0 saturated carbocycles. The predicted octanol–water partition coefficient (Wildman–Crippen LogP) is -1.79. The SMILES string of the molecule is CCS(=O)(=O)NC1C(=O)OCC1O. The minimum absolute atomic E-state index is 0.135. The van der Waals surface area contributed by atoms with E-state index in [1.54, 1.807) is 0 Å². The van der Waals surface area contributed by atoms with Gasteiger partial charge in [-0.25, -0.2) is 8.42 Å². The summed E-state index contributed by atoms with van der Waals surface area (Å²) in [6.45, 7) is 1.28. The van der Waals surface area contributed by atoms with Crippen LogP contribution in [0.25, 0.3) is 0 Å². The molecule has 1 aliphatic rings. The van der Waals surface area contributed by atoms with Crippen molar-refractivity contribution in [2.45, 2.75) is 19.1 Å². The van der Waals surface area contributed by atoms with Crippen molar-refractivity contribution in [2.75, 3.05) is 12.4 Å². The van der Waals surface area contributed by atoms with Gasteiger partial charge in [0.05, 0.1) is 5.75 Å². The van der Waals surface area contributed by atoms with Gasteiger partial charge in [-0.05, 0) is 6.92 Å². The summed E-state index contributed by atoms with van der Waals surface area (Å²) in [5.74, 6) is -0.867. The molecule has 0 aliphatic carbocycles. The second-order valence-corrected chi connectivity index (χ2v) is 4.74.